The Kier molecular flexibility index (Phi) is 5.83. The molecule has 0 aliphatic rings. The first-order valence-electron chi connectivity index (χ1n) is 7.03. The first-order chi connectivity index (χ1) is 10.6. The second kappa shape index (κ2) is 7.84. The third-order valence-corrected chi connectivity index (χ3v) is 3.73. The molecule has 2 aromatic rings. The van der Waals surface area contributed by atoms with Crippen LogP contribution in [0.15, 0.2) is 46.9 Å². The van der Waals surface area contributed by atoms with Gasteiger partial charge >= 0.3 is 0 Å². The number of hydrogen-bond acceptors (Lipinski definition) is 3. The predicted octanol–water partition coefficient (Wildman–Crippen LogP) is 4.21. The number of hydrogen-bond donors (Lipinski definition) is 2. The van der Waals surface area contributed by atoms with Crippen LogP contribution in [-0.2, 0) is 4.79 Å². The monoisotopic (exact) mass is 362 g/mol. The van der Waals surface area contributed by atoms with Gasteiger partial charge in [-0.2, -0.15) is 0 Å². The molecule has 1 amide bonds. The van der Waals surface area contributed by atoms with Gasteiger partial charge in [0.1, 0.15) is 5.75 Å². The SMILES string of the molecule is COc1ccccc1NCCC(=O)Nc1ccc(Br)cc1C. The number of methoxy groups -OCH3 is 1. The fourth-order valence-corrected chi connectivity index (χ4v) is 2.56. The fourth-order valence-electron chi connectivity index (χ4n) is 2.08. The molecule has 0 saturated heterocycles. The molecule has 2 rings (SSSR count). The Morgan fingerprint density at radius 1 is 1.18 bits per heavy atom. The van der Waals surface area contributed by atoms with Crippen molar-refractivity contribution >= 4 is 33.2 Å². The third kappa shape index (κ3) is 4.49. The fraction of sp³-hybridized carbons (Fsp3) is 0.235. The third-order valence-electron chi connectivity index (χ3n) is 3.24. The predicted molar refractivity (Wildman–Crippen MR) is 93.6 cm³/mol. The lowest BCUT2D eigenvalue weighted by atomic mass is 10.2. The van der Waals surface area contributed by atoms with E-state index in [9.17, 15) is 4.79 Å². The lowest BCUT2D eigenvalue weighted by Gasteiger charge is -2.11. The van der Waals surface area contributed by atoms with Gasteiger partial charge in [0.15, 0.2) is 0 Å². The molecule has 4 nitrogen and oxygen atoms in total. The molecule has 0 spiro atoms. The average Bonchev–Trinajstić information content (AvgIpc) is 2.50. The van der Waals surface area contributed by atoms with E-state index in [0.29, 0.717) is 13.0 Å². The smallest absolute Gasteiger partial charge is 0.226 e. The second-order valence-corrected chi connectivity index (χ2v) is 5.80. The van der Waals surface area contributed by atoms with Crippen molar-refractivity contribution < 1.29 is 9.53 Å². The lowest BCUT2D eigenvalue weighted by Crippen LogP contribution is -2.17. The number of nitrogens with one attached hydrogen (secondary N) is 2. The molecule has 0 radical (unpaired) electrons. The Balaban J connectivity index is 1.85. The van der Waals surface area contributed by atoms with Crippen molar-refractivity contribution in [1.29, 1.82) is 0 Å². The van der Waals surface area contributed by atoms with Crippen LogP contribution in [0.25, 0.3) is 0 Å². The summed E-state index contributed by atoms with van der Waals surface area (Å²) in [5.74, 6) is 0.750. The number of amides is 1. The van der Waals surface area contributed by atoms with E-state index >= 15 is 0 Å². The zero-order valence-electron chi connectivity index (χ0n) is 12.7. The summed E-state index contributed by atoms with van der Waals surface area (Å²) in [5, 5.41) is 6.13. The number of ether oxygens (including phenoxy) is 1. The van der Waals surface area contributed by atoms with Crippen molar-refractivity contribution in [1.82, 2.24) is 0 Å². The first-order valence-corrected chi connectivity index (χ1v) is 7.82. The number of aryl methyl sites for hydroxylation is 1. The molecule has 116 valence electrons. The molecule has 0 saturated carbocycles. The molecule has 2 aromatic carbocycles. The summed E-state index contributed by atoms with van der Waals surface area (Å²) in [7, 11) is 1.63. The largest absolute Gasteiger partial charge is 0.495 e. The summed E-state index contributed by atoms with van der Waals surface area (Å²) in [6.07, 6.45) is 0.382. The Morgan fingerprint density at radius 2 is 1.95 bits per heavy atom. The van der Waals surface area contributed by atoms with Crippen molar-refractivity contribution in [2.75, 3.05) is 24.3 Å². The maximum atomic E-state index is 12.0. The minimum absolute atomic E-state index is 0.0205. The van der Waals surface area contributed by atoms with E-state index in [0.717, 1.165) is 27.2 Å². The molecule has 0 aromatic heterocycles. The molecule has 0 aliphatic heterocycles. The number of halogens is 1. The topological polar surface area (TPSA) is 50.4 Å². The van der Waals surface area contributed by atoms with E-state index < -0.39 is 0 Å². The van der Waals surface area contributed by atoms with Crippen LogP contribution < -0.4 is 15.4 Å². The number of carbonyl (C=O) groups excluding carboxylic acids is 1. The molecule has 5 heteroatoms. The summed E-state index contributed by atoms with van der Waals surface area (Å²) in [5.41, 5.74) is 2.75. The zero-order chi connectivity index (χ0) is 15.9. The van der Waals surface area contributed by atoms with Gasteiger partial charge in [0.25, 0.3) is 0 Å². The van der Waals surface area contributed by atoms with E-state index in [1.165, 1.54) is 0 Å². The molecule has 0 heterocycles. The van der Waals surface area contributed by atoms with E-state index in [1.807, 2.05) is 49.4 Å². The molecule has 22 heavy (non-hydrogen) atoms. The Hall–Kier alpha value is -2.01. The van der Waals surface area contributed by atoms with Crippen molar-refractivity contribution in [2.45, 2.75) is 13.3 Å². The minimum atomic E-state index is -0.0205. The maximum absolute atomic E-state index is 12.0. The molecule has 0 atom stereocenters. The van der Waals surface area contributed by atoms with Gasteiger partial charge in [0, 0.05) is 23.1 Å². The minimum Gasteiger partial charge on any atom is -0.495 e. The van der Waals surface area contributed by atoms with Crippen LogP contribution in [0.2, 0.25) is 0 Å². The van der Waals surface area contributed by atoms with Crippen LogP contribution in [0.1, 0.15) is 12.0 Å². The van der Waals surface area contributed by atoms with Crippen LogP contribution >= 0.6 is 15.9 Å². The molecular formula is C17H19BrN2O2. The van der Waals surface area contributed by atoms with Gasteiger partial charge in [0.05, 0.1) is 12.8 Å². The molecule has 0 bridgehead atoms. The summed E-state index contributed by atoms with van der Waals surface area (Å²) >= 11 is 3.41. The van der Waals surface area contributed by atoms with Crippen molar-refractivity contribution in [3.63, 3.8) is 0 Å². The summed E-state index contributed by atoms with van der Waals surface area (Å²) in [6, 6.07) is 13.4. The Morgan fingerprint density at radius 3 is 2.68 bits per heavy atom. The highest BCUT2D eigenvalue weighted by Crippen LogP contribution is 2.23. The molecule has 0 unspecified atom stereocenters. The van der Waals surface area contributed by atoms with Crippen LogP contribution in [0, 0.1) is 6.92 Å². The standard InChI is InChI=1S/C17H19BrN2O2/c1-12-11-13(18)7-8-14(12)20-17(21)9-10-19-15-5-3-4-6-16(15)22-2/h3-8,11,19H,9-10H2,1-2H3,(H,20,21). The van der Waals surface area contributed by atoms with Crippen molar-refractivity contribution in [3.8, 4) is 5.75 Å². The number of carbonyl (C=O) groups is 1. The van der Waals surface area contributed by atoms with E-state index in [1.54, 1.807) is 7.11 Å². The highest BCUT2D eigenvalue weighted by molar-refractivity contribution is 9.10. The van der Waals surface area contributed by atoms with Crippen LogP contribution in [-0.4, -0.2) is 19.6 Å². The van der Waals surface area contributed by atoms with Crippen LogP contribution in [0.4, 0.5) is 11.4 Å². The van der Waals surface area contributed by atoms with Crippen molar-refractivity contribution in [3.05, 3.63) is 52.5 Å². The lowest BCUT2D eigenvalue weighted by molar-refractivity contribution is -0.115. The summed E-state index contributed by atoms with van der Waals surface area (Å²) in [4.78, 5) is 12.0. The molecule has 0 aliphatic carbocycles. The van der Waals surface area contributed by atoms with E-state index in [-0.39, 0.29) is 5.91 Å². The number of para-hydroxylation sites is 2. The summed E-state index contributed by atoms with van der Waals surface area (Å²) in [6.45, 7) is 2.51. The normalized spacial score (nSPS) is 10.1. The van der Waals surface area contributed by atoms with E-state index in [2.05, 4.69) is 26.6 Å². The van der Waals surface area contributed by atoms with Gasteiger partial charge in [-0.1, -0.05) is 28.1 Å². The number of anilines is 2. The maximum Gasteiger partial charge on any atom is 0.226 e. The van der Waals surface area contributed by atoms with Gasteiger partial charge < -0.3 is 15.4 Å². The van der Waals surface area contributed by atoms with Crippen LogP contribution in [0.3, 0.4) is 0 Å². The first kappa shape index (κ1) is 16.4. The molecular weight excluding hydrogens is 344 g/mol. The number of benzene rings is 2. The quantitative estimate of drug-likeness (QED) is 0.809. The second-order valence-electron chi connectivity index (χ2n) is 4.88. The molecule has 0 fully saturated rings. The average molecular weight is 363 g/mol. The Bertz CT molecular complexity index is 659. The van der Waals surface area contributed by atoms with E-state index in [4.69, 9.17) is 4.74 Å². The van der Waals surface area contributed by atoms with Gasteiger partial charge in [-0.25, -0.2) is 0 Å². The van der Waals surface area contributed by atoms with Crippen molar-refractivity contribution in [2.24, 2.45) is 0 Å². The molecule has 2 N–H and O–H groups in total. The number of rotatable bonds is 6. The Labute approximate surface area is 139 Å². The van der Waals surface area contributed by atoms with Crippen LogP contribution in [0.5, 0.6) is 5.75 Å². The highest BCUT2D eigenvalue weighted by atomic mass is 79.9. The van der Waals surface area contributed by atoms with Gasteiger partial charge in [-0.3, -0.25) is 4.79 Å². The van der Waals surface area contributed by atoms with Gasteiger partial charge in [0.2, 0.25) is 5.91 Å². The summed E-state index contributed by atoms with van der Waals surface area (Å²) < 4.78 is 6.26. The van der Waals surface area contributed by atoms with Gasteiger partial charge in [-0.05, 0) is 42.8 Å². The highest BCUT2D eigenvalue weighted by Gasteiger charge is 2.06. The zero-order valence-corrected chi connectivity index (χ0v) is 14.2. The van der Waals surface area contributed by atoms with Gasteiger partial charge in [-0.15, -0.1) is 0 Å².